The standard InChI is InChI=1S/C22H21ClN6O2S/c1-22(31)9-28(10-22)21(30)12-2-3-14-17(6-12)32-20-18(14)19(24-11-25-20)27-16-7-13-4-5-26-29(13)8-15(16)23/h4-5,7-8,11-12,31H,2-3,6,9-10H2,1H3,(H,24,25,27)/t12-/m0/s1. The molecule has 10 heteroatoms. The van der Waals surface area contributed by atoms with Crippen LogP contribution in [0.25, 0.3) is 15.7 Å². The number of amides is 1. The smallest absolute Gasteiger partial charge is 0.226 e. The monoisotopic (exact) mass is 468 g/mol. The highest BCUT2D eigenvalue weighted by Crippen LogP contribution is 2.41. The first-order chi connectivity index (χ1) is 15.4. The molecule has 1 aliphatic carbocycles. The van der Waals surface area contributed by atoms with Crippen molar-refractivity contribution in [1.82, 2.24) is 24.5 Å². The molecule has 5 heterocycles. The zero-order chi connectivity index (χ0) is 22.0. The van der Waals surface area contributed by atoms with E-state index in [1.165, 1.54) is 10.4 Å². The van der Waals surface area contributed by atoms with E-state index in [4.69, 9.17) is 11.6 Å². The Kier molecular flexibility index (Phi) is 4.43. The first-order valence-corrected chi connectivity index (χ1v) is 11.7. The van der Waals surface area contributed by atoms with Crippen LogP contribution in [0.5, 0.6) is 0 Å². The maximum absolute atomic E-state index is 12.9. The molecule has 0 saturated carbocycles. The zero-order valence-corrected chi connectivity index (χ0v) is 18.9. The molecule has 2 aliphatic rings. The van der Waals surface area contributed by atoms with Gasteiger partial charge in [0.05, 0.1) is 40.3 Å². The summed E-state index contributed by atoms with van der Waals surface area (Å²) in [7, 11) is 0. The number of pyridine rings is 1. The van der Waals surface area contributed by atoms with Crippen LogP contribution in [-0.2, 0) is 17.6 Å². The number of thiophene rings is 1. The second kappa shape index (κ2) is 7.13. The quantitative estimate of drug-likeness (QED) is 0.478. The zero-order valence-electron chi connectivity index (χ0n) is 17.4. The van der Waals surface area contributed by atoms with E-state index in [1.807, 2.05) is 12.1 Å². The molecule has 0 bridgehead atoms. The normalized spacial score (nSPS) is 19.7. The fourth-order valence-electron chi connectivity index (χ4n) is 4.77. The topological polar surface area (TPSA) is 95.6 Å². The maximum Gasteiger partial charge on any atom is 0.226 e. The molecule has 1 saturated heterocycles. The first kappa shape index (κ1) is 19.9. The molecule has 6 rings (SSSR count). The Morgan fingerprint density at radius 2 is 2.22 bits per heavy atom. The highest BCUT2D eigenvalue weighted by Gasteiger charge is 2.42. The molecule has 0 aromatic carbocycles. The Morgan fingerprint density at radius 1 is 1.38 bits per heavy atom. The third-order valence-electron chi connectivity index (χ3n) is 6.31. The van der Waals surface area contributed by atoms with Crippen LogP contribution < -0.4 is 5.32 Å². The molecular weight excluding hydrogens is 448 g/mol. The lowest BCUT2D eigenvalue weighted by Crippen LogP contribution is -2.63. The van der Waals surface area contributed by atoms with Crippen molar-refractivity contribution in [3.8, 4) is 0 Å². The SMILES string of the molecule is CC1(O)CN(C(=O)[C@H]2CCc3c(sc4ncnc(Nc5cc6ccnn6cc5Cl)c34)C2)C1. The minimum absolute atomic E-state index is 0.0465. The summed E-state index contributed by atoms with van der Waals surface area (Å²) in [6, 6.07) is 3.86. The Balaban J connectivity index is 1.31. The highest BCUT2D eigenvalue weighted by atomic mass is 35.5. The summed E-state index contributed by atoms with van der Waals surface area (Å²) >= 11 is 8.11. The first-order valence-electron chi connectivity index (χ1n) is 10.5. The number of aliphatic hydroxyl groups is 1. The van der Waals surface area contributed by atoms with Crippen molar-refractivity contribution in [2.75, 3.05) is 18.4 Å². The molecule has 8 nitrogen and oxygen atoms in total. The average molecular weight is 469 g/mol. The van der Waals surface area contributed by atoms with Gasteiger partial charge in [0.15, 0.2) is 0 Å². The number of rotatable bonds is 3. The minimum atomic E-state index is -0.746. The lowest BCUT2D eigenvalue weighted by molar-refractivity contribution is -0.156. The number of aryl methyl sites for hydroxylation is 1. The highest BCUT2D eigenvalue weighted by molar-refractivity contribution is 7.19. The number of hydrogen-bond acceptors (Lipinski definition) is 7. The molecule has 0 spiro atoms. The predicted octanol–water partition coefficient (Wildman–Crippen LogP) is 3.43. The number of nitrogens with zero attached hydrogens (tertiary/aromatic N) is 5. The number of nitrogens with one attached hydrogen (secondary N) is 1. The van der Waals surface area contributed by atoms with Crippen molar-refractivity contribution < 1.29 is 9.90 Å². The van der Waals surface area contributed by atoms with Crippen molar-refractivity contribution in [1.29, 1.82) is 0 Å². The number of carbonyl (C=O) groups excluding carboxylic acids is 1. The number of β-amino-alcohol motifs (C(OH)–C–C–N with tert-alkyl or cyclic N) is 1. The molecule has 164 valence electrons. The second-order valence-electron chi connectivity index (χ2n) is 8.90. The summed E-state index contributed by atoms with van der Waals surface area (Å²) in [6.07, 6.45) is 7.34. The van der Waals surface area contributed by atoms with Crippen LogP contribution in [0.2, 0.25) is 5.02 Å². The third kappa shape index (κ3) is 3.23. The van der Waals surface area contributed by atoms with Crippen molar-refractivity contribution in [2.45, 2.75) is 31.8 Å². The molecule has 32 heavy (non-hydrogen) atoms. The number of halogens is 1. The summed E-state index contributed by atoms with van der Waals surface area (Å²) < 4.78 is 1.73. The van der Waals surface area contributed by atoms with Gasteiger partial charge in [-0.1, -0.05) is 11.6 Å². The van der Waals surface area contributed by atoms with Gasteiger partial charge in [0.25, 0.3) is 0 Å². The van der Waals surface area contributed by atoms with Crippen LogP contribution in [0.1, 0.15) is 23.8 Å². The third-order valence-corrected chi connectivity index (χ3v) is 7.77. The van der Waals surface area contributed by atoms with Crippen molar-refractivity contribution in [3.63, 3.8) is 0 Å². The van der Waals surface area contributed by atoms with Gasteiger partial charge in [0, 0.05) is 23.2 Å². The summed E-state index contributed by atoms with van der Waals surface area (Å²) in [6.45, 7) is 2.61. The van der Waals surface area contributed by atoms with Gasteiger partial charge in [0.2, 0.25) is 5.91 Å². The fraction of sp³-hybridized carbons (Fsp3) is 0.364. The number of hydrogen-bond donors (Lipinski definition) is 2. The average Bonchev–Trinajstić information content (AvgIpc) is 3.35. The molecule has 1 fully saturated rings. The van der Waals surface area contributed by atoms with Crippen LogP contribution in [0.15, 0.2) is 30.9 Å². The summed E-state index contributed by atoms with van der Waals surface area (Å²) in [4.78, 5) is 25.8. The van der Waals surface area contributed by atoms with E-state index < -0.39 is 5.60 Å². The fourth-order valence-corrected chi connectivity index (χ4v) is 6.23. The molecule has 0 radical (unpaired) electrons. The largest absolute Gasteiger partial charge is 0.386 e. The number of anilines is 2. The van der Waals surface area contributed by atoms with E-state index in [0.29, 0.717) is 24.5 Å². The van der Waals surface area contributed by atoms with Crippen LogP contribution in [0.3, 0.4) is 0 Å². The van der Waals surface area contributed by atoms with Gasteiger partial charge in [-0.15, -0.1) is 11.3 Å². The van der Waals surface area contributed by atoms with E-state index >= 15 is 0 Å². The Hall–Kier alpha value is -2.75. The summed E-state index contributed by atoms with van der Waals surface area (Å²) in [5.74, 6) is 0.821. The predicted molar refractivity (Wildman–Crippen MR) is 124 cm³/mol. The van der Waals surface area contributed by atoms with Gasteiger partial charge in [-0.25, -0.2) is 14.5 Å². The number of likely N-dealkylation sites (tertiary alicyclic amines) is 1. The van der Waals surface area contributed by atoms with E-state index in [-0.39, 0.29) is 11.8 Å². The van der Waals surface area contributed by atoms with Gasteiger partial charge in [-0.05, 0) is 43.9 Å². The molecule has 0 unspecified atom stereocenters. The summed E-state index contributed by atoms with van der Waals surface area (Å²) in [5.41, 5.74) is 2.16. The van der Waals surface area contributed by atoms with Gasteiger partial charge in [-0.2, -0.15) is 5.10 Å². The van der Waals surface area contributed by atoms with Crippen molar-refractivity contribution in [2.24, 2.45) is 5.92 Å². The van der Waals surface area contributed by atoms with Crippen LogP contribution in [0.4, 0.5) is 11.5 Å². The van der Waals surface area contributed by atoms with Gasteiger partial charge < -0.3 is 15.3 Å². The Morgan fingerprint density at radius 3 is 3.03 bits per heavy atom. The number of aromatic nitrogens is 4. The molecule has 4 aromatic rings. The maximum atomic E-state index is 12.9. The van der Waals surface area contributed by atoms with Crippen LogP contribution >= 0.6 is 22.9 Å². The molecule has 1 amide bonds. The minimum Gasteiger partial charge on any atom is -0.386 e. The molecule has 1 aliphatic heterocycles. The van der Waals surface area contributed by atoms with Crippen molar-refractivity contribution in [3.05, 3.63) is 46.3 Å². The van der Waals surface area contributed by atoms with Gasteiger partial charge in [-0.3, -0.25) is 4.79 Å². The van der Waals surface area contributed by atoms with Crippen LogP contribution in [-0.4, -0.2) is 54.2 Å². The van der Waals surface area contributed by atoms with E-state index in [1.54, 1.807) is 46.4 Å². The van der Waals surface area contributed by atoms with Crippen LogP contribution in [0, 0.1) is 5.92 Å². The van der Waals surface area contributed by atoms with Gasteiger partial charge in [0.1, 0.15) is 17.0 Å². The lowest BCUT2D eigenvalue weighted by Gasteiger charge is -2.45. The Bertz CT molecular complexity index is 1370. The second-order valence-corrected chi connectivity index (χ2v) is 10.4. The molecule has 4 aromatic heterocycles. The molecular formula is C22H21ClN6O2S. The van der Waals surface area contributed by atoms with E-state index in [2.05, 4.69) is 20.4 Å². The van der Waals surface area contributed by atoms with Gasteiger partial charge >= 0.3 is 0 Å². The number of carbonyl (C=O) groups is 1. The molecule has 2 N–H and O–H groups in total. The number of fused-ring (bicyclic) bond motifs is 4. The van der Waals surface area contributed by atoms with Crippen molar-refractivity contribution >= 4 is 56.1 Å². The van der Waals surface area contributed by atoms with E-state index in [9.17, 15) is 9.90 Å². The van der Waals surface area contributed by atoms with E-state index in [0.717, 1.165) is 40.1 Å². The lowest BCUT2D eigenvalue weighted by atomic mass is 9.85. The Labute approximate surface area is 192 Å². The summed E-state index contributed by atoms with van der Waals surface area (Å²) in [5, 5.41) is 19.1. The molecule has 1 atom stereocenters.